The van der Waals surface area contributed by atoms with Crippen molar-refractivity contribution < 1.29 is 63.3 Å². The molecule has 0 saturated heterocycles. The molecule has 22 N–H and O–H groups in total. The van der Waals surface area contributed by atoms with Gasteiger partial charge >= 0.3 is 0 Å². The minimum atomic E-state index is -1.51. The Morgan fingerprint density at radius 3 is 1.36 bits per heavy atom. The minimum absolute atomic E-state index is 0.0136. The monoisotopic (exact) mass is 1280 g/mol. The molecule has 2 heterocycles. The topological polar surface area (TPSA) is 475 Å². The lowest BCUT2D eigenvalue weighted by molar-refractivity contribution is -0.135. The predicted octanol–water partition coefficient (Wildman–Crippen LogP) is -0.941. The molecular weight excluding hydrogens is 1190 g/mol. The van der Waals surface area contributed by atoms with Crippen molar-refractivity contribution in [2.75, 3.05) is 32.8 Å². The standard InChI is InChI=1S/C64H93N15O13/c1-37(2)14-5-4-6-22-54(83)73-53(36-80)64(92)76-50(30-39-23-25-42(82)26-24-39)61(89)78-51(31-40-33-69-45-17-9-7-15-43(40)45)62(90)75-49(21-13-29-67)60(88)74-47(19-11-27-65)58(86)71-35-55(84)72-48(20-12-28-66)59(87)77-52(63(91)79-56(38(3)81)57(68)85)32-41-34-70-46-18-10-8-16-44(41)46/h7-10,15-18,23-26,33-34,37-38,47-53,56,69-70,80-82H,4-6,11-14,19-22,27-32,35-36,65-67H2,1-3H3,(H2,68,85)(H,71,86)(H,72,84)(H,73,83)(H,74,88)(H,75,90)(H,76,92)(H,77,87)(H,78,89)(H,79,91)/t38-,47+,48-,49-,50-,51-,52+,53-,56+/m1/s1. The SMILES string of the molecule is CC(C)CCCCCC(=O)N[C@H](CO)C(=O)N[C@H](Cc1ccc(O)cc1)C(=O)N[C@H](Cc1c[nH]c2ccccc12)C(=O)N[C@H](CCCN)C(=O)N[C@@H](CCCN)C(=O)NCC(=O)N[C@H](CCCN)C(=O)N[C@@H](Cc1c[nH]c2ccccc12)C(=O)N[C@H](C(N)=O)[C@@H](C)O. The Hall–Kier alpha value is -8.96. The summed E-state index contributed by atoms with van der Waals surface area (Å²) in [7, 11) is 0. The average Bonchev–Trinajstić information content (AvgIpc) is 1.95. The summed E-state index contributed by atoms with van der Waals surface area (Å²) in [6.45, 7) is 4.24. The van der Waals surface area contributed by atoms with E-state index in [0.717, 1.165) is 30.2 Å². The number of nitrogens with one attached hydrogen (secondary N) is 11. The number of phenolic OH excluding ortho intramolecular Hbond substituents is 1. The molecule has 0 spiro atoms. The Morgan fingerprint density at radius 2 is 0.891 bits per heavy atom. The lowest BCUT2D eigenvalue weighted by atomic mass is 10.0. The number of phenols is 1. The number of aliphatic hydroxyl groups excluding tert-OH is 2. The van der Waals surface area contributed by atoms with Crippen molar-refractivity contribution in [2.24, 2.45) is 28.9 Å². The molecule has 28 nitrogen and oxygen atoms in total. The van der Waals surface area contributed by atoms with Gasteiger partial charge < -0.3 is 96.1 Å². The second kappa shape index (κ2) is 38.0. The summed E-state index contributed by atoms with van der Waals surface area (Å²) in [6.07, 6.45) is 5.41. The third kappa shape index (κ3) is 23.7. The van der Waals surface area contributed by atoms with Crippen LogP contribution in [0.5, 0.6) is 5.75 Å². The van der Waals surface area contributed by atoms with Crippen LogP contribution in [-0.2, 0) is 67.2 Å². The Labute approximate surface area is 534 Å². The molecule has 0 aliphatic rings. The number of fused-ring (bicyclic) bond motifs is 2. The van der Waals surface area contributed by atoms with Gasteiger partial charge in [0.05, 0.1) is 19.3 Å². The largest absolute Gasteiger partial charge is 0.508 e. The van der Waals surface area contributed by atoms with Gasteiger partial charge in [-0.2, -0.15) is 0 Å². The smallest absolute Gasteiger partial charge is 0.245 e. The van der Waals surface area contributed by atoms with Crippen LogP contribution in [0.3, 0.4) is 0 Å². The lowest BCUT2D eigenvalue weighted by Crippen LogP contribution is -2.60. The van der Waals surface area contributed by atoms with E-state index >= 15 is 0 Å². The average molecular weight is 1280 g/mol. The van der Waals surface area contributed by atoms with Crippen LogP contribution in [0, 0.1) is 5.92 Å². The van der Waals surface area contributed by atoms with Crippen molar-refractivity contribution in [1.29, 1.82) is 0 Å². The van der Waals surface area contributed by atoms with E-state index in [9.17, 15) is 63.3 Å². The van der Waals surface area contributed by atoms with Crippen LogP contribution in [0.4, 0.5) is 0 Å². The fourth-order valence-corrected chi connectivity index (χ4v) is 10.4. The van der Waals surface area contributed by atoms with E-state index in [4.69, 9.17) is 22.9 Å². The van der Waals surface area contributed by atoms with E-state index in [1.165, 1.54) is 31.2 Å². The highest BCUT2D eigenvalue weighted by atomic mass is 16.3. The molecule has 10 amide bonds. The number of H-pyrrole nitrogens is 2. The van der Waals surface area contributed by atoms with Gasteiger partial charge in [-0.15, -0.1) is 0 Å². The molecule has 28 heteroatoms. The summed E-state index contributed by atoms with van der Waals surface area (Å²) >= 11 is 0. The van der Waals surface area contributed by atoms with Gasteiger partial charge in [0.25, 0.3) is 0 Å². The molecule has 0 fully saturated rings. The quantitative estimate of drug-likeness (QED) is 0.0210. The van der Waals surface area contributed by atoms with Crippen molar-refractivity contribution >= 4 is 80.9 Å². The van der Waals surface area contributed by atoms with Gasteiger partial charge in [-0.3, -0.25) is 47.9 Å². The van der Waals surface area contributed by atoms with Gasteiger partial charge in [-0.05, 0) is 118 Å². The zero-order chi connectivity index (χ0) is 67.3. The number of primary amides is 1. The number of unbranched alkanes of at least 4 members (excludes halogenated alkanes) is 2. The van der Waals surface area contributed by atoms with E-state index in [1.54, 1.807) is 42.7 Å². The molecule has 92 heavy (non-hydrogen) atoms. The van der Waals surface area contributed by atoms with Crippen molar-refractivity contribution in [3.05, 3.63) is 102 Å². The molecule has 0 bridgehead atoms. The van der Waals surface area contributed by atoms with Gasteiger partial charge in [-0.1, -0.05) is 81.6 Å². The zero-order valence-electron chi connectivity index (χ0n) is 52.5. The van der Waals surface area contributed by atoms with Crippen LogP contribution in [0.2, 0.25) is 0 Å². The molecule has 9 atom stereocenters. The maximum atomic E-state index is 14.8. The number of amides is 10. The number of aromatic nitrogens is 2. The number of aliphatic hydroxyl groups is 2. The first-order valence-corrected chi connectivity index (χ1v) is 31.3. The van der Waals surface area contributed by atoms with E-state index < -0.39 is 127 Å². The second-order valence-electron chi connectivity index (χ2n) is 23.4. The molecule has 0 aliphatic carbocycles. The van der Waals surface area contributed by atoms with Gasteiger partial charge in [0, 0.05) is 59.9 Å². The van der Waals surface area contributed by atoms with Gasteiger partial charge in [0.15, 0.2) is 0 Å². The summed E-state index contributed by atoms with van der Waals surface area (Å²) in [5.74, 6) is -7.85. The first kappa shape index (κ1) is 73.8. The summed E-state index contributed by atoms with van der Waals surface area (Å²) in [5, 5.41) is 55.5. The number of hydrogen-bond acceptors (Lipinski definition) is 16. The number of carbonyl (C=O) groups is 10. The summed E-state index contributed by atoms with van der Waals surface area (Å²) < 4.78 is 0. The molecule has 2 aromatic heterocycles. The Kier molecular flexibility index (Phi) is 30.5. The van der Waals surface area contributed by atoms with Crippen LogP contribution in [0.1, 0.15) is 108 Å². The fourth-order valence-electron chi connectivity index (χ4n) is 10.4. The summed E-state index contributed by atoms with van der Waals surface area (Å²) in [6, 6.07) is 9.04. The molecule has 5 rings (SSSR count). The number of carbonyl (C=O) groups excluding carboxylic acids is 10. The number of rotatable bonds is 41. The summed E-state index contributed by atoms with van der Waals surface area (Å²) in [4.78, 5) is 145. The first-order chi connectivity index (χ1) is 44.0. The molecule has 502 valence electrons. The van der Waals surface area contributed by atoms with Crippen molar-refractivity contribution in [1.82, 2.24) is 57.8 Å². The molecule has 0 saturated carbocycles. The number of hydrogen-bond donors (Lipinski definition) is 18. The van der Waals surface area contributed by atoms with Crippen LogP contribution in [0.25, 0.3) is 21.8 Å². The Morgan fingerprint density at radius 1 is 0.467 bits per heavy atom. The van der Waals surface area contributed by atoms with Crippen molar-refractivity contribution in [3.63, 3.8) is 0 Å². The van der Waals surface area contributed by atoms with Crippen LogP contribution >= 0.6 is 0 Å². The maximum absolute atomic E-state index is 14.8. The molecule has 5 aromatic rings. The highest BCUT2D eigenvalue weighted by Crippen LogP contribution is 2.22. The second-order valence-corrected chi connectivity index (χ2v) is 23.4. The normalized spacial score (nSPS) is 14.3. The number of aromatic amines is 2. The highest BCUT2D eigenvalue weighted by Gasteiger charge is 2.35. The van der Waals surface area contributed by atoms with Gasteiger partial charge in [0.2, 0.25) is 59.1 Å². The number of nitrogens with two attached hydrogens (primary N) is 4. The number of para-hydroxylation sites is 2. The number of benzene rings is 3. The molecule has 0 unspecified atom stereocenters. The minimum Gasteiger partial charge on any atom is -0.508 e. The zero-order valence-corrected chi connectivity index (χ0v) is 52.5. The summed E-state index contributed by atoms with van der Waals surface area (Å²) in [5.41, 5.74) is 26.2. The molecule has 3 aromatic carbocycles. The van der Waals surface area contributed by atoms with Crippen LogP contribution < -0.4 is 70.8 Å². The van der Waals surface area contributed by atoms with Crippen molar-refractivity contribution in [3.8, 4) is 5.75 Å². The van der Waals surface area contributed by atoms with E-state index in [1.807, 2.05) is 18.2 Å². The molecule has 0 aliphatic heterocycles. The van der Waals surface area contributed by atoms with Gasteiger partial charge in [-0.25, -0.2) is 0 Å². The highest BCUT2D eigenvalue weighted by molar-refractivity contribution is 5.99. The third-order valence-electron chi connectivity index (χ3n) is 15.5. The van der Waals surface area contributed by atoms with E-state index in [0.29, 0.717) is 39.9 Å². The molecule has 0 radical (unpaired) electrons. The van der Waals surface area contributed by atoms with E-state index in [-0.39, 0.29) is 89.6 Å². The number of aromatic hydroxyl groups is 1. The first-order valence-electron chi connectivity index (χ1n) is 31.3. The Balaban J connectivity index is 1.33. The Bertz CT molecular complexity index is 3240. The van der Waals surface area contributed by atoms with Crippen LogP contribution in [0.15, 0.2) is 85.2 Å². The third-order valence-corrected chi connectivity index (χ3v) is 15.5. The fraction of sp³-hybridized carbons (Fsp3) is 0.500. The lowest BCUT2D eigenvalue weighted by Gasteiger charge is -2.27. The van der Waals surface area contributed by atoms with Crippen molar-refractivity contribution in [2.45, 2.75) is 165 Å². The maximum Gasteiger partial charge on any atom is 0.245 e. The predicted molar refractivity (Wildman–Crippen MR) is 345 cm³/mol. The van der Waals surface area contributed by atoms with Gasteiger partial charge in [0.1, 0.15) is 54.1 Å². The van der Waals surface area contributed by atoms with Crippen LogP contribution in [-0.4, -0.2) is 172 Å². The molecular formula is C64H93N15O13. The van der Waals surface area contributed by atoms with E-state index in [2.05, 4.69) is 71.7 Å².